The first-order valence-corrected chi connectivity index (χ1v) is 12.2. The van der Waals surface area contributed by atoms with E-state index in [1.165, 1.54) is 0 Å². The van der Waals surface area contributed by atoms with Crippen molar-refractivity contribution in [3.63, 3.8) is 0 Å². The van der Waals surface area contributed by atoms with E-state index in [4.69, 9.17) is 36.5 Å². The van der Waals surface area contributed by atoms with E-state index in [1.54, 1.807) is 0 Å². The number of halogens is 1. The van der Waals surface area contributed by atoms with Crippen molar-refractivity contribution in [2.45, 2.75) is 0 Å². The van der Waals surface area contributed by atoms with Crippen molar-refractivity contribution in [2.75, 3.05) is 0 Å². The molecule has 0 aliphatic carbocycles. The Balaban J connectivity index is 1.61. The lowest BCUT2D eigenvalue weighted by atomic mass is 10.1. The van der Waals surface area contributed by atoms with Crippen molar-refractivity contribution in [1.82, 2.24) is 24.9 Å². The topological polar surface area (TPSA) is 64.5 Å². The molecule has 0 spiro atoms. The number of aromatic nitrogens is 5. The molecule has 6 aromatic rings. The summed E-state index contributed by atoms with van der Waals surface area (Å²) in [4.78, 5) is 24.1. The van der Waals surface area contributed by atoms with Gasteiger partial charge in [-0.05, 0) is 0 Å². The van der Waals surface area contributed by atoms with Crippen molar-refractivity contribution in [2.24, 2.45) is 0 Å². The number of hydrogen-bond acceptors (Lipinski definition) is 5. The molecule has 0 atom stereocenters. The summed E-state index contributed by atoms with van der Waals surface area (Å²) in [7, 11) is 0. The average molecular weight is 498 g/mol. The second-order valence-electron chi connectivity index (χ2n) is 8.33. The third kappa shape index (κ3) is 4.73. The lowest BCUT2D eigenvalue weighted by molar-refractivity contribution is 1.03. The summed E-state index contributed by atoms with van der Waals surface area (Å²) in [5, 5.41) is 0.474. The molecule has 176 valence electrons. The van der Waals surface area contributed by atoms with E-state index < -0.39 is 0 Å². The number of benzene rings is 4. The van der Waals surface area contributed by atoms with Crippen LogP contribution in [0.3, 0.4) is 0 Å². The van der Waals surface area contributed by atoms with E-state index >= 15 is 0 Å². The van der Waals surface area contributed by atoms with E-state index in [1.807, 2.05) is 121 Å². The second kappa shape index (κ2) is 10.1. The average Bonchev–Trinajstić information content (AvgIpc) is 2.99. The van der Waals surface area contributed by atoms with E-state index in [9.17, 15) is 0 Å². The Morgan fingerprint density at radius 3 is 1.00 bits per heavy atom. The molecule has 2 heterocycles. The van der Waals surface area contributed by atoms with Crippen LogP contribution < -0.4 is 0 Å². The first-order chi connectivity index (χ1) is 18.3. The smallest absolute Gasteiger partial charge is 0.201 e. The first-order valence-electron chi connectivity index (χ1n) is 11.8. The molecule has 0 N–H and O–H groups in total. The summed E-state index contributed by atoms with van der Waals surface area (Å²) in [5.74, 6) is 1.84. The highest BCUT2D eigenvalue weighted by molar-refractivity contribution is 6.35. The zero-order chi connectivity index (χ0) is 25.0. The van der Waals surface area contributed by atoms with Crippen molar-refractivity contribution in [3.05, 3.63) is 126 Å². The molecule has 5 nitrogen and oxygen atoms in total. The standard InChI is InChI=1S/C31H20ClN5/c32-25-26(21-13-5-1-6-14-21)33-30(34-27(25)22-15-7-2-8-16-22)31-36-28(23-17-9-3-10-18-23)35-29(37-31)24-19-11-4-12-20-24/h1-20H. The van der Waals surface area contributed by atoms with Gasteiger partial charge in [0.1, 0.15) is 0 Å². The molecule has 2 aromatic heterocycles. The van der Waals surface area contributed by atoms with Crippen LogP contribution in [0.15, 0.2) is 121 Å². The van der Waals surface area contributed by atoms with Gasteiger partial charge in [0.25, 0.3) is 0 Å². The summed E-state index contributed by atoms with van der Waals surface area (Å²) in [6, 6.07) is 39.3. The number of nitrogens with zero attached hydrogens (tertiary/aromatic N) is 5. The molecule has 0 aliphatic rings. The Morgan fingerprint density at radius 1 is 0.324 bits per heavy atom. The van der Waals surface area contributed by atoms with Gasteiger partial charge in [0.2, 0.25) is 5.82 Å². The zero-order valence-electron chi connectivity index (χ0n) is 19.7. The van der Waals surface area contributed by atoms with Gasteiger partial charge in [0.05, 0.1) is 16.4 Å². The van der Waals surface area contributed by atoms with Crippen LogP contribution in [0.1, 0.15) is 0 Å². The predicted octanol–water partition coefficient (Wildman–Crippen LogP) is 7.65. The quantitative estimate of drug-likeness (QED) is 0.245. The summed E-state index contributed by atoms with van der Waals surface area (Å²) >= 11 is 6.91. The number of rotatable bonds is 5. The summed E-state index contributed by atoms with van der Waals surface area (Å²) < 4.78 is 0. The van der Waals surface area contributed by atoms with Crippen molar-refractivity contribution < 1.29 is 0 Å². The molecule has 0 saturated heterocycles. The Morgan fingerprint density at radius 2 is 0.622 bits per heavy atom. The van der Waals surface area contributed by atoms with Crippen LogP contribution in [0, 0.1) is 0 Å². The minimum Gasteiger partial charge on any atom is -0.224 e. The van der Waals surface area contributed by atoms with Crippen molar-refractivity contribution >= 4 is 11.6 Å². The lowest BCUT2D eigenvalue weighted by Crippen LogP contribution is -2.04. The van der Waals surface area contributed by atoms with Gasteiger partial charge in [-0.25, -0.2) is 24.9 Å². The molecule has 37 heavy (non-hydrogen) atoms. The Hall–Kier alpha value is -4.74. The highest BCUT2D eigenvalue weighted by atomic mass is 35.5. The van der Waals surface area contributed by atoms with Crippen LogP contribution in [0.4, 0.5) is 0 Å². The van der Waals surface area contributed by atoms with Crippen LogP contribution >= 0.6 is 11.6 Å². The summed E-state index contributed by atoms with van der Waals surface area (Å²) in [6.45, 7) is 0. The van der Waals surface area contributed by atoms with Gasteiger partial charge in [-0.3, -0.25) is 0 Å². The summed E-state index contributed by atoms with van der Waals surface area (Å²) in [5.41, 5.74) is 4.76. The Bertz CT molecular complexity index is 1540. The normalized spacial score (nSPS) is 10.8. The molecular formula is C31H20ClN5. The fourth-order valence-corrected chi connectivity index (χ4v) is 4.33. The molecule has 0 radical (unpaired) electrons. The minimum absolute atomic E-state index is 0.374. The van der Waals surface area contributed by atoms with E-state index in [0.29, 0.717) is 39.7 Å². The molecule has 0 aliphatic heterocycles. The Kier molecular flexibility index (Phi) is 6.19. The third-order valence-electron chi connectivity index (χ3n) is 5.85. The van der Waals surface area contributed by atoms with Crippen LogP contribution in [-0.2, 0) is 0 Å². The van der Waals surface area contributed by atoms with Crippen LogP contribution in [0.5, 0.6) is 0 Å². The van der Waals surface area contributed by atoms with Gasteiger partial charge in [-0.1, -0.05) is 133 Å². The molecule has 6 heteroatoms. The van der Waals surface area contributed by atoms with E-state index in [0.717, 1.165) is 22.3 Å². The molecule has 0 amide bonds. The van der Waals surface area contributed by atoms with Gasteiger partial charge in [0, 0.05) is 22.3 Å². The minimum atomic E-state index is 0.374. The number of hydrogen-bond donors (Lipinski definition) is 0. The first kappa shape index (κ1) is 22.7. The van der Waals surface area contributed by atoms with Gasteiger partial charge in [0.15, 0.2) is 17.5 Å². The van der Waals surface area contributed by atoms with Crippen LogP contribution in [0.25, 0.3) is 56.9 Å². The Labute approximate surface area is 219 Å². The molecule has 6 rings (SSSR count). The highest BCUT2D eigenvalue weighted by Crippen LogP contribution is 2.36. The predicted molar refractivity (Wildman–Crippen MR) is 148 cm³/mol. The van der Waals surface area contributed by atoms with Crippen molar-refractivity contribution in [3.8, 4) is 56.9 Å². The fourth-order valence-electron chi connectivity index (χ4n) is 4.03. The lowest BCUT2D eigenvalue weighted by Gasteiger charge is -2.12. The zero-order valence-corrected chi connectivity index (χ0v) is 20.4. The maximum atomic E-state index is 6.91. The van der Waals surface area contributed by atoms with E-state index in [2.05, 4.69) is 0 Å². The molecule has 0 unspecified atom stereocenters. The third-order valence-corrected chi connectivity index (χ3v) is 6.20. The summed E-state index contributed by atoms with van der Waals surface area (Å²) in [6.07, 6.45) is 0. The SMILES string of the molecule is Clc1c(-c2ccccc2)nc(-c2nc(-c3ccccc3)nc(-c3ccccc3)n2)nc1-c1ccccc1. The van der Waals surface area contributed by atoms with Crippen LogP contribution in [0.2, 0.25) is 5.02 Å². The van der Waals surface area contributed by atoms with Crippen molar-refractivity contribution in [1.29, 1.82) is 0 Å². The molecular weight excluding hydrogens is 478 g/mol. The second-order valence-corrected chi connectivity index (χ2v) is 8.71. The van der Waals surface area contributed by atoms with Gasteiger partial charge < -0.3 is 0 Å². The molecule has 0 bridgehead atoms. The monoisotopic (exact) mass is 497 g/mol. The van der Waals surface area contributed by atoms with Crippen LogP contribution in [-0.4, -0.2) is 24.9 Å². The van der Waals surface area contributed by atoms with Gasteiger partial charge >= 0.3 is 0 Å². The van der Waals surface area contributed by atoms with Gasteiger partial charge in [-0.15, -0.1) is 0 Å². The maximum absolute atomic E-state index is 6.91. The molecule has 0 fully saturated rings. The molecule has 4 aromatic carbocycles. The largest absolute Gasteiger partial charge is 0.224 e. The van der Waals surface area contributed by atoms with E-state index in [-0.39, 0.29) is 0 Å². The maximum Gasteiger partial charge on any atom is 0.201 e. The highest BCUT2D eigenvalue weighted by Gasteiger charge is 2.20. The molecule has 0 saturated carbocycles. The van der Waals surface area contributed by atoms with Gasteiger partial charge in [-0.2, -0.15) is 0 Å². The fraction of sp³-hybridized carbons (Fsp3) is 0.